The van der Waals surface area contributed by atoms with E-state index in [4.69, 9.17) is 9.47 Å². The Balaban J connectivity index is 1.42. The number of thioether (sulfide) groups is 1. The summed E-state index contributed by atoms with van der Waals surface area (Å²) in [7, 11) is 0. The molecule has 0 spiro atoms. The molecule has 144 valence electrons. The molecule has 1 amide bonds. The van der Waals surface area contributed by atoms with Gasteiger partial charge in [-0.15, -0.1) is 10.2 Å². The lowest BCUT2D eigenvalue weighted by Crippen LogP contribution is -2.14. The summed E-state index contributed by atoms with van der Waals surface area (Å²) < 4.78 is 13.6. The maximum Gasteiger partial charge on any atom is 0.234 e. The number of carbonyl (C=O) groups is 1. The Morgan fingerprint density at radius 3 is 2.75 bits per heavy atom. The zero-order valence-electron chi connectivity index (χ0n) is 15.0. The number of nitrogens with one attached hydrogen (secondary N) is 1. The number of fused-ring (bicyclic) bond motifs is 1. The summed E-state index contributed by atoms with van der Waals surface area (Å²) in [5, 5.41) is 12.1. The Morgan fingerprint density at radius 2 is 1.96 bits per heavy atom. The molecule has 3 aromatic rings. The van der Waals surface area contributed by atoms with Crippen LogP contribution in [0.4, 0.5) is 5.69 Å². The summed E-state index contributed by atoms with van der Waals surface area (Å²) in [5.41, 5.74) is 1.65. The van der Waals surface area contributed by atoms with Gasteiger partial charge >= 0.3 is 0 Å². The number of aromatic nitrogens is 3. The third-order valence-electron chi connectivity index (χ3n) is 4.12. The van der Waals surface area contributed by atoms with E-state index in [1.807, 2.05) is 35.8 Å². The van der Waals surface area contributed by atoms with E-state index in [1.165, 1.54) is 11.8 Å². The van der Waals surface area contributed by atoms with Gasteiger partial charge in [-0.25, -0.2) is 0 Å². The molecule has 4 rings (SSSR count). The minimum atomic E-state index is -0.125. The third kappa shape index (κ3) is 4.00. The van der Waals surface area contributed by atoms with Crippen LogP contribution in [-0.4, -0.2) is 33.2 Å². The van der Waals surface area contributed by atoms with Crippen molar-refractivity contribution in [3.63, 3.8) is 0 Å². The third-order valence-corrected chi connectivity index (χ3v) is 5.62. The standard InChI is InChI=1S/C19H17BrN4O3S/c1-2-24-18(12-3-5-13(20)6-4-12)22-23-19(24)28-10-17(25)21-14-7-8-15-16(9-14)27-11-26-15/h3-9H,2,10-11H2,1H3,(H,21,25). The highest BCUT2D eigenvalue weighted by Crippen LogP contribution is 2.34. The number of ether oxygens (including phenoxy) is 2. The molecule has 0 saturated heterocycles. The molecule has 28 heavy (non-hydrogen) atoms. The van der Waals surface area contributed by atoms with E-state index in [9.17, 15) is 4.79 Å². The van der Waals surface area contributed by atoms with Crippen LogP contribution in [0.5, 0.6) is 11.5 Å². The van der Waals surface area contributed by atoms with Crippen LogP contribution >= 0.6 is 27.7 Å². The molecule has 0 aliphatic carbocycles. The van der Waals surface area contributed by atoms with Gasteiger partial charge in [-0.3, -0.25) is 4.79 Å². The van der Waals surface area contributed by atoms with Gasteiger partial charge in [0.25, 0.3) is 0 Å². The first-order valence-corrected chi connectivity index (χ1v) is 10.4. The molecular formula is C19H17BrN4O3S. The number of amides is 1. The molecule has 1 aromatic heterocycles. The zero-order chi connectivity index (χ0) is 19.5. The largest absolute Gasteiger partial charge is 0.454 e. The van der Waals surface area contributed by atoms with E-state index < -0.39 is 0 Å². The molecule has 2 heterocycles. The first-order chi connectivity index (χ1) is 13.6. The number of nitrogens with zero attached hydrogens (tertiary/aromatic N) is 3. The van der Waals surface area contributed by atoms with Gasteiger partial charge in [-0.05, 0) is 31.2 Å². The Hall–Kier alpha value is -2.52. The number of rotatable bonds is 6. The molecule has 0 saturated carbocycles. The van der Waals surface area contributed by atoms with Gasteiger partial charge in [-0.2, -0.15) is 0 Å². The second-order valence-electron chi connectivity index (χ2n) is 5.96. The summed E-state index contributed by atoms with van der Waals surface area (Å²) in [6.07, 6.45) is 0. The smallest absolute Gasteiger partial charge is 0.234 e. The number of benzene rings is 2. The maximum absolute atomic E-state index is 12.3. The summed E-state index contributed by atoms with van der Waals surface area (Å²) in [6, 6.07) is 13.2. The number of carbonyl (C=O) groups excluding carboxylic acids is 1. The number of hydrogen-bond donors (Lipinski definition) is 1. The molecule has 0 unspecified atom stereocenters. The zero-order valence-corrected chi connectivity index (χ0v) is 17.4. The summed E-state index contributed by atoms with van der Waals surface area (Å²) >= 11 is 4.79. The second kappa shape index (κ2) is 8.24. The summed E-state index contributed by atoms with van der Waals surface area (Å²) in [6.45, 7) is 2.95. The van der Waals surface area contributed by atoms with Gasteiger partial charge in [0.1, 0.15) is 0 Å². The molecule has 9 heteroatoms. The van der Waals surface area contributed by atoms with Crippen molar-refractivity contribution in [1.82, 2.24) is 14.8 Å². The Kier molecular flexibility index (Phi) is 5.54. The fourth-order valence-corrected chi connectivity index (χ4v) is 3.86. The van der Waals surface area contributed by atoms with Crippen LogP contribution < -0.4 is 14.8 Å². The van der Waals surface area contributed by atoms with Crippen LogP contribution in [0.25, 0.3) is 11.4 Å². The molecule has 0 radical (unpaired) electrons. The lowest BCUT2D eigenvalue weighted by molar-refractivity contribution is -0.113. The van der Waals surface area contributed by atoms with Crippen molar-refractivity contribution < 1.29 is 14.3 Å². The first-order valence-electron chi connectivity index (χ1n) is 8.65. The topological polar surface area (TPSA) is 78.3 Å². The highest BCUT2D eigenvalue weighted by molar-refractivity contribution is 9.10. The highest BCUT2D eigenvalue weighted by Gasteiger charge is 2.16. The van der Waals surface area contributed by atoms with Gasteiger partial charge in [0.05, 0.1) is 5.75 Å². The molecule has 7 nitrogen and oxygen atoms in total. The summed E-state index contributed by atoms with van der Waals surface area (Å²) in [4.78, 5) is 12.3. The Morgan fingerprint density at radius 1 is 1.18 bits per heavy atom. The van der Waals surface area contributed by atoms with Crippen molar-refractivity contribution in [2.75, 3.05) is 17.9 Å². The monoisotopic (exact) mass is 460 g/mol. The molecule has 0 atom stereocenters. The van der Waals surface area contributed by atoms with Crippen LogP contribution in [0, 0.1) is 0 Å². The second-order valence-corrected chi connectivity index (χ2v) is 7.82. The van der Waals surface area contributed by atoms with Crippen LogP contribution in [0.1, 0.15) is 6.92 Å². The number of halogens is 1. The normalized spacial score (nSPS) is 12.2. The Bertz CT molecular complexity index is 1010. The highest BCUT2D eigenvalue weighted by atomic mass is 79.9. The molecule has 1 aliphatic rings. The van der Waals surface area contributed by atoms with Crippen molar-refractivity contribution in [2.45, 2.75) is 18.6 Å². The number of hydrogen-bond acceptors (Lipinski definition) is 6. The predicted molar refractivity (Wildman–Crippen MR) is 111 cm³/mol. The fraction of sp³-hybridized carbons (Fsp3) is 0.211. The van der Waals surface area contributed by atoms with Crippen molar-refractivity contribution in [1.29, 1.82) is 0 Å². The molecule has 0 bridgehead atoms. The fourth-order valence-electron chi connectivity index (χ4n) is 2.79. The minimum Gasteiger partial charge on any atom is -0.454 e. The molecular weight excluding hydrogens is 444 g/mol. The van der Waals surface area contributed by atoms with Gasteiger partial charge in [-0.1, -0.05) is 39.8 Å². The van der Waals surface area contributed by atoms with Crippen LogP contribution in [0.15, 0.2) is 52.1 Å². The predicted octanol–water partition coefficient (Wildman–Crippen LogP) is 4.19. The molecule has 0 fully saturated rings. The van der Waals surface area contributed by atoms with Crippen LogP contribution in [-0.2, 0) is 11.3 Å². The average Bonchev–Trinajstić information content (AvgIpc) is 3.33. The summed E-state index contributed by atoms with van der Waals surface area (Å²) in [5.74, 6) is 2.21. The van der Waals surface area contributed by atoms with Crippen LogP contribution in [0.3, 0.4) is 0 Å². The van der Waals surface area contributed by atoms with E-state index in [-0.39, 0.29) is 18.5 Å². The van der Waals surface area contributed by atoms with Crippen molar-refractivity contribution in [3.8, 4) is 22.9 Å². The van der Waals surface area contributed by atoms with E-state index in [0.717, 1.165) is 15.9 Å². The van der Waals surface area contributed by atoms with Gasteiger partial charge in [0.15, 0.2) is 22.5 Å². The maximum atomic E-state index is 12.3. The SMILES string of the molecule is CCn1c(SCC(=O)Nc2ccc3c(c2)OCO3)nnc1-c1ccc(Br)cc1. The van der Waals surface area contributed by atoms with Gasteiger partial charge in [0, 0.05) is 28.3 Å². The van der Waals surface area contributed by atoms with Crippen molar-refractivity contribution in [2.24, 2.45) is 0 Å². The number of anilines is 1. The molecule has 1 aliphatic heterocycles. The lowest BCUT2D eigenvalue weighted by atomic mass is 10.2. The lowest BCUT2D eigenvalue weighted by Gasteiger charge is -2.08. The van der Waals surface area contributed by atoms with Gasteiger partial charge in [0.2, 0.25) is 12.7 Å². The average molecular weight is 461 g/mol. The Labute approximate surface area is 174 Å². The van der Waals surface area contributed by atoms with Crippen molar-refractivity contribution in [3.05, 3.63) is 46.9 Å². The van der Waals surface area contributed by atoms with Crippen LogP contribution in [0.2, 0.25) is 0 Å². The van der Waals surface area contributed by atoms with Gasteiger partial charge < -0.3 is 19.4 Å². The first kappa shape index (κ1) is 18.8. The van der Waals surface area contributed by atoms with E-state index in [0.29, 0.717) is 28.9 Å². The van der Waals surface area contributed by atoms with E-state index >= 15 is 0 Å². The minimum absolute atomic E-state index is 0.125. The molecule has 1 N–H and O–H groups in total. The quantitative estimate of drug-likeness (QED) is 0.555. The van der Waals surface area contributed by atoms with E-state index in [2.05, 4.69) is 31.4 Å². The van der Waals surface area contributed by atoms with E-state index in [1.54, 1.807) is 18.2 Å². The molecule has 2 aromatic carbocycles. The van der Waals surface area contributed by atoms with Crippen molar-refractivity contribution >= 4 is 39.3 Å².